The van der Waals surface area contributed by atoms with Crippen LogP contribution < -0.4 is 5.32 Å². The van der Waals surface area contributed by atoms with E-state index in [4.69, 9.17) is 11.6 Å². The summed E-state index contributed by atoms with van der Waals surface area (Å²) in [5, 5.41) is 3.96. The van der Waals surface area contributed by atoms with Gasteiger partial charge in [0.05, 0.1) is 0 Å². The van der Waals surface area contributed by atoms with Crippen molar-refractivity contribution in [3.8, 4) is 0 Å². The first-order valence-corrected chi connectivity index (χ1v) is 6.25. The van der Waals surface area contributed by atoms with Crippen LogP contribution in [0.2, 0.25) is 5.02 Å². The Morgan fingerprint density at radius 2 is 2.06 bits per heavy atom. The molecule has 1 atom stereocenters. The first-order chi connectivity index (χ1) is 7.69. The highest BCUT2D eigenvalue weighted by atomic mass is 35.5. The summed E-state index contributed by atoms with van der Waals surface area (Å²) in [5.41, 5.74) is 0.998. The van der Waals surface area contributed by atoms with Crippen molar-refractivity contribution in [3.05, 3.63) is 34.6 Å². The third kappa shape index (κ3) is 3.76. The number of benzene rings is 1. The molecule has 1 aromatic carbocycles. The zero-order chi connectivity index (χ0) is 12.0. The van der Waals surface area contributed by atoms with Crippen LogP contribution in [-0.4, -0.2) is 6.54 Å². The zero-order valence-electron chi connectivity index (χ0n) is 9.89. The van der Waals surface area contributed by atoms with Gasteiger partial charge in [0.2, 0.25) is 0 Å². The van der Waals surface area contributed by atoms with Gasteiger partial charge in [-0.25, -0.2) is 4.39 Å². The van der Waals surface area contributed by atoms with Crippen LogP contribution >= 0.6 is 11.6 Å². The molecule has 1 N–H and O–H groups in total. The molecule has 1 aromatic rings. The molecule has 0 amide bonds. The molecule has 0 bridgehead atoms. The predicted octanol–water partition coefficient (Wildman–Crippen LogP) is 4.32. The van der Waals surface area contributed by atoms with E-state index in [9.17, 15) is 4.39 Å². The fraction of sp³-hybridized carbons (Fsp3) is 0.538. The second kappa shape index (κ2) is 6.87. The zero-order valence-corrected chi connectivity index (χ0v) is 10.6. The van der Waals surface area contributed by atoms with Crippen LogP contribution in [0.5, 0.6) is 0 Å². The summed E-state index contributed by atoms with van der Waals surface area (Å²) in [4.78, 5) is 0. The third-order valence-electron chi connectivity index (χ3n) is 2.56. The van der Waals surface area contributed by atoms with Crippen LogP contribution in [0.1, 0.15) is 44.7 Å². The average molecular weight is 244 g/mol. The Balaban J connectivity index is 2.82. The van der Waals surface area contributed by atoms with E-state index in [2.05, 4.69) is 19.2 Å². The number of halogens is 2. The molecule has 1 unspecified atom stereocenters. The van der Waals surface area contributed by atoms with Gasteiger partial charge in [-0.05, 0) is 37.1 Å². The van der Waals surface area contributed by atoms with E-state index in [1.165, 1.54) is 12.1 Å². The molecule has 0 aliphatic carbocycles. The van der Waals surface area contributed by atoms with Gasteiger partial charge in [-0.1, -0.05) is 37.9 Å². The predicted molar refractivity (Wildman–Crippen MR) is 67.4 cm³/mol. The molecule has 90 valence electrons. The SMILES string of the molecule is CCCNC(CCC)c1ccc(F)cc1Cl. The molecule has 0 saturated carbocycles. The Morgan fingerprint density at radius 3 is 2.62 bits per heavy atom. The quantitative estimate of drug-likeness (QED) is 0.785. The van der Waals surface area contributed by atoms with Crippen molar-refractivity contribution < 1.29 is 4.39 Å². The van der Waals surface area contributed by atoms with Crippen LogP contribution in [0, 0.1) is 5.82 Å². The molecule has 3 heteroatoms. The Kier molecular flexibility index (Phi) is 5.78. The maximum atomic E-state index is 12.9. The maximum absolute atomic E-state index is 12.9. The summed E-state index contributed by atoms with van der Waals surface area (Å²) < 4.78 is 12.9. The van der Waals surface area contributed by atoms with Crippen LogP contribution in [0.3, 0.4) is 0 Å². The number of rotatable bonds is 6. The topological polar surface area (TPSA) is 12.0 Å². The Hall–Kier alpha value is -0.600. The minimum absolute atomic E-state index is 0.234. The highest BCUT2D eigenvalue weighted by molar-refractivity contribution is 6.31. The molecule has 1 nitrogen and oxygen atoms in total. The summed E-state index contributed by atoms with van der Waals surface area (Å²) >= 11 is 6.06. The van der Waals surface area contributed by atoms with Gasteiger partial charge in [-0.3, -0.25) is 0 Å². The van der Waals surface area contributed by atoms with E-state index >= 15 is 0 Å². The second-order valence-electron chi connectivity index (χ2n) is 3.96. The summed E-state index contributed by atoms with van der Waals surface area (Å²) in [6.45, 7) is 5.22. The Bertz CT molecular complexity index is 328. The van der Waals surface area contributed by atoms with Gasteiger partial charge >= 0.3 is 0 Å². The van der Waals surface area contributed by atoms with E-state index in [1.807, 2.05) is 0 Å². The molecular formula is C13H19ClFN. The first kappa shape index (κ1) is 13.5. The molecule has 16 heavy (non-hydrogen) atoms. The lowest BCUT2D eigenvalue weighted by Gasteiger charge is -2.19. The first-order valence-electron chi connectivity index (χ1n) is 5.87. The van der Waals surface area contributed by atoms with Crippen LogP contribution in [0.4, 0.5) is 4.39 Å². The molecule has 0 heterocycles. The normalized spacial score (nSPS) is 12.8. The fourth-order valence-corrected chi connectivity index (χ4v) is 2.06. The molecule has 1 rings (SSSR count). The highest BCUT2D eigenvalue weighted by Gasteiger charge is 2.13. The number of nitrogens with one attached hydrogen (secondary N) is 1. The largest absolute Gasteiger partial charge is 0.310 e. The maximum Gasteiger partial charge on any atom is 0.124 e. The van der Waals surface area contributed by atoms with Crippen LogP contribution in [-0.2, 0) is 0 Å². The van der Waals surface area contributed by atoms with Gasteiger partial charge < -0.3 is 5.32 Å². The minimum atomic E-state index is -0.278. The van der Waals surface area contributed by atoms with Gasteiger partial charge in [-0.2, -0.15) is 0 Å². The molecule has 0 spiro atoms. The van der Waals surface area contributed by atoms with E-state index in [0.29, 0.717) is 5.02 Å². The Labute approximate surface area is 102 Å². The smallest absolute Gasteiger partial charge is 0.124 e. The molecule has 0 aliphatic heterocycles. The third-order valence-corrected chi connectivity index (χ3v) is 2.88. The summed E-state index contributed by atoms with van der Waals surface area (Å²) in [5.74, 6) is -0.278. The van der Waals surface area contributed by atoms with Crippen molar-refractivity contribution in [1.82, 2.24) is 5.32 Å². The summed E-state index contributed by atoms with van der Waals surface area (Å²) in [7, 11) is 0. The summed E-state index contributed by atoms with van der Waals surface area (Å²) in [6.07, 6.45) is 3.18. The van der Waals surface area contributed by atoms with Crippen LogP contribution in [0.15, 0.2) is 18.2 Å². The highest BCUT2D eigenvalue weighted by Crippen LogP contribution is 2.26. The molecular weight excluding hydrogens is 225 g/mol. The summed E-state index contributed by atoms with van der Waals surface area (Å²) in [6, 6.07) is 4.86. The molecule has 0 fully saturated rings. The molecule has 0 saturated heterocycles. The average Bonchev–Trinajstić information content (AvgIpc) is 2.25. The van der Waals surface area contributed by atoms with Gasteiger partial charge in [-0.15, -0.1) is 0 Å². The standard InChI is InChI=1S/C13H19ClFN/c1-3-5-13(16-8-4-2)11-7-6-10(15)9-12(11)14/h6-7,9,13,16H,3-5,8H2,1-2H3. The van der Waals surface area contributed by atoms with E-state index in [-0.39, 0.29) is 11.9 Å². The number of hydrogen-bond acceptors (Lipinski definition) is 1. The van der Waals surface area contributed by atoms with E-state index in [0.717, 1.165) is 31.4 Å². The fourth-order valence-electron chi connectivity index (χ4n) is 1.76. The number of hydrogen-bond donors (Lipinski definition) is 1. The molecule has 0 aliphatic rings. The van der Waals surface area contributed by atoms with Gasteiger partial charge in [0.15, 0.2) is 0 Å². The van der Waals surface area contributed by atoms with Gasteiger partial charge in [0, 0.05) is 11.1 Å². The lowest BCUT2D eigenvalue weighted by molar-refractivity contribution is 0.493. The van der Waals surface area contributed by atoms with Gasteiger partial charge in [0.1, 0.15) is 5.82 Å². The lowest BCUT2D eigenvalue weighted by Crippen LogP contribution is -2.22. The van der Waals surface area contributed by atoms with E-state index in [1.54, 1.807) is 6.07 Å². The van der Waals surface area contributed by atoms with Crippen LogP contribution in [0.25, 0.3) is 0 Å². The second-order valence-corrected chi connectivity index (χ2v) is 4.37. The van der Waals surface area contributed by atoms with E-state index < -0.39 is 0 Å². The Morgan fingerprint density at radius 1 is 1.31 bits per heavy atom. The lowest BCUT2D eigenvalue weighted by atomic mass is 10.0. The van der Waals surface area contributed by atoms with Crippen molar-refractivity contribution in [1.29, 1.82) is 0 Å². The van der Waals surface area contributed by atoms with Crippen molar-refractivity contribution in [2.24, 2.45) is 0 Å². The van der Waals surface area contributed by atoms with Crippen molar-refractivity contribution in [3.63, 3.8) is 0 Å². The van der Waals surface area contributed by atoms with Gasteiger partial charge in [0.25, 0.3) is 0 Å². The minimum Gasteiger partial charge on any atom is -0.310 e. The molecule has 0 aromatic heterocycles. The van der Waals surface area contributed by atoms with Crippen molar-refractivity contribution in [2.75, 3.05) is 6.54 Å². The monoisotopic (exact) mass is 243 g/mol. The molecule has 0 radical (unpaired) electrons. The van der Waals surface area contributed by atoms with Crippen molar-refractivity contribution >= 4 is 11.6 Å². The van der Waals surface area contributed by atoms with Crippen molar-refractivity contribution in [2.45, 2.75) is 39.2 Å².